The first-order valence-electron chi connectivity index (χ1n) is 7.14. The number of piperidine rings is 1. The first-order chi connectivity index (χ1) is 10.1. The zero-order valence-corrected chi connectivity index (χ0v) is 12.2. The number of carbonyl (C=O) groups excluding carboxylic acids is 1. The van der Waals surface area contributed by atoms with Crippen LogP contribution in [0, 0.1) is 13.8 Å². The number of rotatable bonds is 2. The second-order valence-electron chi connectivity index (χ2n) is 5.50. The second kappa shape index (κ2) is 5.63. The molecule has 110 valence electrons. The summed E-state index contributed by atoms with van der Waals surface area (Å²) < 4.78 is 4.98. The Hall–Kier alpha value is -2.24. The van der Waals surface area contributed by atoms with Gasteiger partial charge in [-0.25, -0.2) is 0 Å². The fraction of sp³-hybridized carbons (Fsp3) is 0.467. The van der Waals surface area contributed by atoms with E-state index in [2.05, 4.69) is 15.1 Å². The summed E-state index contributed by atoms with van der Waals surface area (Å²) in [6, 6.07) is 1.68. The van der Waals surface area contributed by atoms with Gasteiger partial charge in [0.2, 0.25) is 0 Å². The van der Waals surface area contributed by atoms with Crippen LogP contribution >= 0.6 is 0 Å². The third-order valence-corrected chi connectivity index (χ3v) is 3.75. The number of hydrogen-bond acceptors (Lipinski definition) is 5. The molecule has 3 heterocycles. The highest BCUT2D eigenvalue weighted by Crippen LogP contribution is 2.26. The van der Waals surface area contributed by atoms with Crippen LogP contribution in [-0.2, 0) is 0 Å². The van der Waals surface area contributed by atoms with Gasteiger partial charge in [0, 0.05) is 37.5 Å². The highest BCUT2D eigenvalue weighted by molar-refractivity contribution is 5.92. The Morgan fingerprint density at radius 1 is 1.38 bits per heavy atom. The standard InChI is InChI=1S/C15H18N4O2/c1-10-7-16-8-14(17-10)12-4-3-5-19(9-12)15(20)13-6-11(2)21-18-13/h6-8,12H,3-5,9H2,1-2H3/t12-/m1/s1. The Bertz CT molecular complexity index is 653. The minimum atomic E-state index is -0.0721. The van der Waals surface area contributed by atoms with Crippen molar-refractivity contribution in [3.63, 3.8) is 0 Å². The molecule has 1 fully saturated rings. The molecule has 0 N–H and O–H groups in total. The van der Waals surface area contributed by atoms with Crippen LogP contribution in [0.15, 0.2) is 23.0 Å². The molecule has 1 saturated heterocycles. The molecule has 0 bridgehead atoms. The van der Waals surface area contributed by atoms with Crippen LogP contribution in [0.4, 0.5) is 0 Å². The number of aryl methyl sites for hydroxylation is 2. The van der Waals surface area contributed by atoms with Crippen LogP contribution in [-0.4, -0.2) is 39.0 Å². The van der Waals surface area contributed by atoms with Crippen LogP contribution in [0.3, 0.4) is 0 Å². The molecule has 0 radical (unpaired) electrons. The Labute approximate surface area is 123 Å². The predicted molar refractivity (Wildman–Crippen MR) is 75.9 cm³/mol. The van der Waals surface area contributed by atoms with Crippen molar-refractivity contribution in [2.24, 2.45) is 0 Å². The molecular formula is C15H18N4O2. The molecule has 1 atom stereocenters. The van der Waals surface area contributed by atoms with E-state index in [1.165, 1.54) is 0 Å². The lowest BCUT2D eigenvalue weighted by molar-refractivity contribution is 0.0695. The van der Waals surface area contributed by atoms with E-state index in [-0.39, 0.29) is 11.8 Å². The molecule has 2 aromatic heterocycles. The molecule has 0 aliphatic carbocycles. The quantitative estimate of drug-likeness (QED) is 0.845. The summed E-state index contributed by atoms with van der Waals surface area (Å²) in [4.78, 5) is 23.0. The van der Waals surface area contributed by atoms with Crippen LogP contribution < -0.4 is 0 Å². The van der Waals surface area contributed by atoms with E-state index >= 15 is 0 Å². The smallest absolute Gasteiger partial charge is 0.276 e. The molecule has 1 aliphatic heterocycles. The summed E-state index contributed by atoms with van der Waals surface area (Å²) >= 11 is 0. The lowest BCUT2D eigenvalue weighted by atomic mass is 9.94. The molecule has 0 saturated carbocycles. The van der Waals surface area contributed by atoms with Gasteiger partial charge in [-0.2, -0.15) is 0 Å². The van der Waals surface area contributed by atoms with E-state index in [9.17, 15) is 4.79 Å². The van der Waals surface area contributed by atoms with Gasteiger partial charge < -0.3 is 9.42 Å². The summed E-state index contributed by atoms with van der Waals surface area (Å²) in [5, 5.41) is 3.81. The summed E-state index contributed by atoms with van der Waals surface area (Å²) in [6.45, 7) is 5.12. The van der Waals surface area contributed by atoms with Gasteiger partial charge in [-0.05, 0) is 26.7 Å². The average molecular weight is 286 g/mol. The highest BCUT2D eigenvalue weighted by Gasteiger charge is 2.27. The van der Waals surface area contributed by atoms with Crippen molar-refractivity contribution < 1.29 is 9.32 Å². The minimum absolute atomic E-state index is 0.0721. The van der Waals surface area contributed by atoms with Crippen LogP contribution in [0.1, 0.15) is 46.4 Å². The number of likely N-dealkylation sites (tertiary alicyclic amines) is 1. The first-order valence-corrected chi connectivity index (χ1v) is 7.14. The van der Waals surface area contributed by atoms with Gasteiger partial charge in [0.15, 0.2) is 5.69 Å². The van der Waals surface area contributed by atoms with Crippen LogP contribution in [0.2, 0.25) is 0 Å². The molecule has 6 heteroatoms. The Morgan fingerprint density at radius 2 is 2.24 bits per heavy atom. The zero-order chi connectivity index (χ0) is 14.8. The van der Waals surface area contributed by atoms with Crippen molar-refractivity contribution in [1.29, 1.82) is 0 Å². The van der Waals surface area contributed by atoms with E-state index in [1.807, 2.05) is 11.8 Å². The molecule has 21 heavy (non-hydrogen) atoms. The first kappa shape index (κ1) is 13.7. The maximum absolute atomic E-state index is 12.4. The number of amides is 1. The summed E-state index contributed by atoms with van der Waals surface area (Å²) in [7, 11) is 0. The molecular weight excluding hydrogens is 268 g/mol. The summed E-state index contributed by atoms with van der Waals surface area (Å²) in [5.41, 5.74) is 2.25. The van der Waals surface area contributed by atoms with E-state index in [0.29, 0.717) is 18.0 Å². The number of hydrogen-bond donors (Lipinski definition) is 0. The number of aromatic nitrogens is 3. The molecule has 1 amide bonds. The van der Waals surface area contributed by atoms with Gasteiger partial charge in [0.25, 0.3) is 5.91 Å². The normalized spacial score (nSPS) is 18.8. The zero-order valence-electron chi connectivity index (χ0n) is 12.2. The lowest BCUT2D eigenvalue weighted by Crippen LogP contribution is -2.39. The summed E-state index contributed by atoms with van der Waals surface area (Å²) in [6.07, 6.45) is 5.53. The van der Waals surface area contributed by atoms with Gasteiger partial charge in [-0.15, -0.1) is 0 Å². The molecule has 1 aliphatic rings. The van der Waals surface area contributed by atoms with E-state index < -0.39 is 0 Å². The summed E-state index contributed by atoms with van der Waals surface area (Å²) in [5.74, 6) is 0.816. The number of nitrogens with zero attached hydrogens (tertiary/aromatic N) is 4. The lowest BCUT2D eigenvalue weighted by Gasteiger charge is -2.31. The largest absolute Gasteiger partial charge is 0.361 e. The molecule has 0 spiro atoms. The maximum Gasteiger partial charge on any atom is 0.276 e. The third-order valence-electron chi connectivity index (χ3n) is 3.75. The van der Waals surface area contributed by atoms with Gasteiger partial charge in [-0.3, -0.25) is 14.8 Å². The Morgan fingerprint density at radius 3 is 2.95 bits per heavy atom. The highest BCUT2D eigenvalue weighted by atomic mass is 16.5. The van der Waals surface area contributed by atoms with Gasteiger partial charge in [0.1, 0.15) is 5.76 Å². The van der Waals surface area contributed by atoms with Crippen LogP contribution in [0.25, 0.3) is 0 Å². The van der Waals surface area contributed by atoms with Crippen molar-refractivity contribution in [2.75, 3.05) is 13.1 Å². The molecule has 0 unspecified atom stereocenters. The molecule has 6 nitrogen and oxygen atoms in total. The third kappa shape index (κ3) is 2.94. The van der Waals surface area contributed by atoms with E-state index in [1.54, 1.807) is 25.4 Å². The minimum Gasteiger partial charge on any atom is -0.361 e. The number of carbonyl (C=O) groups is 1. The fourth-order valence-electron chi connectivity index (χ4n) is 2.71. The van der Waals surface area contributed by atoms with Gasteiger partial charge >= 0.3 is 0 Å². The van der Waals surface area contributed by atoms with Gasteiger partial charge in [0.05, 0.1) is 11.4 Å². The fourth-order valence-corrected chi connectivity index (χ4v) is 2.71. The van der Waals surface area contributed by atoms with Crippen molar-refractivity contribution in [2.45, 2.75) is 32.6 Å². The molecule has 3 rings (SSSR count). The topological polar surface area (TPSA) is 72.1 Å². The molecule has 2 aromatic rings. The van der Waals surface area contributed by atoms with E-state index in [4.69, 9.17) is 4.52 Å². The van der Waals surface area contributed by atoms with Crippen LogP contribution in [0.5, 0.6) is 0 Å². The van der Waals surface area contributed by atoms with Crippen molar-refractivity contribution in [1.82, 2.24) is 20.0 Å². The monoisotopic (exact) mass is 286 g/mol. The Balaban J connectivity index is 1.75. The SMILES string of the molecule is Cc1cncc([C@@H]2CCCN(C(=O)c3cc(C)on3)C2)n1. The van der Waals surface area contributed by atoms with Crippen molar-refractivity contribution in [3.8, 4) is 0 Å². The van der Waals surface area contributed by atoms with Crippen molar-refractivity contribution in [3.05, 3.63) is 41.3 Å². The van der Waals surface area contributed by atoms with Crippen molar-refractivity contribution >= 4 is 5.91 Å². The molecule has 0 aromatic carbocycles. The average Bonchev–Trinajstić information content (AvgIpc) is 2.93. The van der Waals surface area contributed by atoms with E-state index in [0.717, 1.165) is 30.8 Å². The van der Waals surface area contributed by atoms with Gasteiger partial charge in [-0.1, -0.05) is 5.16 Å². The maximum atomic E-state index is 12.4. The Kier molecular flexibility index (Phi) is 3.68. The predicted octanol–water partition coefficient (Wildman–Crippen LogP) is 2.10. The second-order valence-corrected chi connectivity index (χ2v) is 5.50.